The Morgan fingerprint density at radius 3 is 2.48 bits per heavy atom. The SMILES string of the molecule is CCc1ccc(Oc2ncnc(-n3nc(C)cc3C)c2N)cc1. The molecule has 0 unspecified atom stereocenters. The number of aromatic nitrogens is 4. The molecular formula is C17H19N5O. The molecule has 2 heterocycles. The zero-order valence-electron chi connectivity index (χ0n) is 13.4. The van der Waals surface area contributed by atoms with Crippen LogP contribution in [0.3, 0.4) is 0 Å². The zero-order valence-corrected chi connectivity index (χ0v) is 13.4. The van der Waals surface area contributed by atoms with E-state index < -0.39 is 0 Å². The highest BCUT2D eigenvalue weighted by molar-refractivity contribution is 5.60. The monoisotopic (exact) mass is 309 g/mol. The molecule has 0 bridgehead atoms. The molecule has 118 valence electrons. The van der Waals surface area contributed by atoms with Crippen molar-refractivity contribution < 1.29 is 4.74 Å². The Labute approximate surface area is 135 Å². The quantitative estimate of drug-likeness (QED) is 0.800. The second kappa shape index (κ2) is 6.08. The van der Waals surface area contributed by atoms with Crippen LogP contribution in [0.1, 0.15) is 23.9 Å². The maximum atomic E-state index is 6.19. The summed E-state index contributed by atoms with van der Waals surface area (Å²) >= 11 is 0. The first-order valence-electron chi connectivity index (χ1n) is 7.49. The van der Waals surface area contributed by atoms with Crippen molar-refractivity contribution in [3.63, 3.8) is 0 Å². The third kappa shape index (κ3) is 3.01. The molecule has 2 N–H and O–H groups in total. The molecule has 0 atom stereocenters. The fourth-order valence-corrected chi connectivity index (χ4v) is 2.37. The Morgan fingerprint density at radius 1 is 1.13 bits per heavy atom. The van der Waals surface area contributed by atoms with Crippen LogP contribution in [0, 0.1) is 13.8 Å². The van der Waals surface area contributed by atoms with Gasteiger partial charge >= 0.3 is 0 Å². The molecular weight excluding hydrogens is 290 g/mol. The van der Waals surface area contributed by atoms with E-state index in [4.69, 9.17) is 10.5 Å². The topological polar surface area (TPSA) is 78.9 Å². The van der Waals surface area contributed by atoms with Crippen molar-refractivity contribution in [3.8, 4) is 17.4 Å². The molecule has 0 aliphatic rings. The number of hydrogen-bond donors (Lipinski definition) is 1. The van der Waals surface area contributed by atoms with E-state index in [1.165, 1.54) is 11.9 Å². The van der Waals surface area contributed by atoms with E-state index in [1.54, 1.807) is 4.68 Å². The number of nitrogens with two attached hydrogens (primary N) is 1. The van der Waals surface area contributed by atoms with Crippen LogP contribution in [0.4, 0.5) is 5.69 Å². The van der Waals surface area contributed by atoms with E-state index in [0.29, 0.717) is 23.1 Å². The molecule has 0 amide bonds. The highest BCUT2D eigenvalue weighted by Gasteiger charge is 2.14. The molecule has 0 spiro atoms. The minimum Gasteiger partial charge on any atom is -0.437 e. The molecule has 6 heteroatoms. The van der Waals surface area contributed by atoms with Crippen LogP contribution >= 0.6 is 0 Å². The van der Waals surface area contributed by atoms with Crippen molar-refractivity contribution in [2.45, 2.75) is 27.2 Å². The third-order valence-corrected chi connectivity index (χ3v) is 3.58. The Morgan fingerprint density at radius 2 is 1.87 bits per heavy atom. The van der Waals surface area contributed by atoms with Crippen LogP contribution in [0.15, 0.2) is 36.7 Å². The van der Waals surface area contributed by atoms with Gasteiger partial charge in [0.25, 0.3) is 0 Å². The molecule has 0 radical (unpaired) electrons. The van der Waals surface area contributed by atoms with Gasteiger partial charge in [-0.15, -0.1) is 0 Å². The summed E-state index contributed by atoms with van der Waals surface area (Å²) < 4.78 is 7.49. The number of rotatable bonds is 4. The smallest absolute Gasteiger partial charge is 0.248 e. The van der Waals surface area contributed by atoms with Gasteiger partial charge in [0.2, 0.25) is 5.88 Å². The molecule has 0 fully saturated rings. The fourth-order valence-electron chi connectivity index (χ4n) is 2.37. The van der Waals surface area contributed by atoms with Crippen LogP contribution in [0.5, 0.6) is 11.6 Å². The van der Waals surface area contributed by atoms with Gasteiger partial charge in [0.1, 0.15) is 17.8 Å². The third-order valence-electron chi connectivity index (χ3n) is 3.58. The summed E-state index contributed by atoms with van der Waals surface area (Å²) in [7, 11) is 0. The number of benzene rings is 1. The summed E-state index contributed by atoms with van der Waals surface area (Å²) in [4.78, 5) is 8.38. The van der Waals surface area contributed by atoms with Gasteiger partial charge < -0.3 is 10.5 Å². The van der Waals surface area contributed by atoms with Crippen LogP contribution < -0.4 is 10.5 Å². The van der Waals surface area contributed by atoms with Crippen molar-refractivity contribution in [2.75, 3.05) is 5.73 Å². The summed E-state index contributed by atoms with van der Waals surface area (Å²) in [5, 5.41) is 4.40. The lowest BCUT2D eigenvalue weighted by Crippen LogP contribution is -2.08. The molecule has 1 aromatic carbocycles. The number of ether oxygens (including phenoxy) is 1. The number of hydrogen-bond acceptors (Lipinski definition) is 5. The van der Waals surface area contributed by atoms with Gasteiger partial charge in [0.15, 0.2) is 5.82 Å². The summed E-state index contributed by atoms with van der Waals surface area (Å²) in [5.41, 5.74) is 9.64. The average molecular weight is 309 g/mol. The van der Waals surface area contributed by atoms with Gasteiger partial charge in [-0.2, -0.15) is 10.1 Å². The van der Waals surface area contributed by atoms with Crippen molar-refractivity contribution in [2.24, 2.45) is 0 Å². The minimum atomic E-state index is 0.326. The molecule has 0 saturated heterocycles. The highest BCUT2D eigenvalue weighted by Crippen LogP contribution is 2.29. The lowest BCUT2D eigenvalue weighted by Gasteiger charge is -2.11. The second-order valence-electron chi connectivity index (χ2n) is 5.35. The molecule has 6 nitrogen and oxygen atoms in total. The van der Waals surface area contributed by atoms with Gasteiger partial charge in [-0.3, -0.25) is 0 Å². The Hall–Kier alpha value is -2.89. The first-order chi connectivity index (χ1) is 11.1. The van der Waals surface area contributed by atoms with E-state index in [-0.39, 0.29) is 0 Å². The molecule has 0 aliphatic carbocycles. The lowest BCUT2D eigenvalue weighted by molar-refractivity contribution is 0.463. The van der Waals surface area contributed by atoms with Gasteiger partial charge in [0, 0.05) is 5.69 Å². The number of nitrogens with zero attached hydrogens (tertiary/aromatic N) is 4. The molecule has 23 heavy (non-hydrogen) atoms. The maximum Gasteiger partial charge on any atom is 0.248 e. The number of aryl methyl sites for hydroxylation is 3. The standard InChI is InChI=1S/C17H19N5O/c1-4-13-5-7-14(8-6-13)23-17-15(18)16(19-10-20-17)22-12(3)9-11(2)21-22/h5-10H,4,18H2,1-3H3. The van der Waals surface area contributed by atoms with E-state index in [2.05, 4.69) is 22.0 Å². The largest absolute Gasteiger partial charge is 0.437 e. The number of nitrogen functional groups attached to an aromatic ring is 1. The molecule has 3 rings (SSSR count). The fraction of sp³-hybridized carbons (Fsp3) is 0.235. The first-order valence-corrected chi connectivity index (χ1v) is 7.49. The summed E-state index contributed by atoms with van der Waals surface area (Å²) in [6.45, 7) is 5.98. The Balaban J connectivity index is 1.94. The van der Waals surface area contributed by atoms with Crippen LogP contribution in [-0.2, 0) is 6.42 Å². The molecule has 0 aliphatic heterocycles. The normalized spacial score (nSPS) is 10.7. The highest BCUT2D eigenvalue weighted by atomic mass is 16.5. The van der Waals surface area contributed by atoms with Gasteiger partial charge in [-0.1, -0.05) is 19.1 Å². The van der Waals surface area contributed by atoms with E-state index >= 15 is 0 Å². The zero-order chi connectivity index (χ0) is 16.4. The summed E-state index contributed by atoms with van der Waals surface area (Å²) in [6.07, 6.45) is 2.41. The first kappa shape index (κ1) is 15.0. The maximum absolute atomic E-state index is 6.19. The van der Waals surface area contributed by atoms with Crippen LogP contribution in [0.2, 0.25) is 0 Å². The predicted octanol–water partition coefficient (Wildman–Crippen LogP) is 3.22. The van der Waals surface area contributed by atoms with Crippen LogP contribution in [-0.4, -0.2) is 19.7 Å². The minimum absolute atomic E-state index is 0.326. The predicted molar refractivity (Wildman–Crippen MR) is 88.9 cm³/mol. The average Bonchev–Trinajstić information content (AvgIpc) is 2.88. The van der Waals surface area contributed by atoms with E-state index in [9.17, 15) is 0 Å². The molecule has 0 saturated carbocycles. The second-order valence-corrected chi connectivity index (χ2v) is 5.35. The Kier molecular flexibility index (Phi) is 3.97. The molecule has 2 aromatic heterocycles. The van der Waals surface area contributed by atoms with Gasteiger partial charge in [-0.05, 0) is 44.0 Å². The van der Waals surface area contributed by atoms with Crippen molar-refractivity contribution in [1.82, 2.24) is 19.7 Å². The van der Waals surface area contributed by atoms with E-state index in [0.717, 1.165) is 17.8 Å². The van der Waals surface area contributed by atoms with Crippen molar-refractivity contribution in [3.05, 3.63) is 53.6 Å². The van der Waals surface area contributed by atoms with Crippen molar-refractivity contribution in [1.29, 1.82) is 0 Å². The van der Waals surface area contributed by atoms with Gasteiger partial charge in [-0.25, -0.2) is 9.67 Å². The molecule has 3 aromatic rings. The van der Waals surface area contributed by atoms with Crippen LogP contribution in [0.25, 0.3) is 5.82 Å². The van der Waals surface area contributed by atoms with E-state index in [1.807, 2.05) is 44.2 Å². The summed E-state index contributed by atoms with van der Waals surface area (Å²) in [5.74, 6) is 1.53. The van der Waals surface area contributed by atoms with Crippen molar-refractivity contribution >= 4 is 5.69 Å². The van der Waals surface area contributed by atoms with Gasteiger partial charge in [0.05, 0.1) is 5.69 Å². The lowest BCUT2D eigenvalue weighted by atomic mass is 10.2. The number of anilines is 1. The Bertz CT molecular complexity index is 824. The summed E-state index contributed by atoms with van der Waals surface area (Å²) in [6, 6.07) is 9.82.